The lowest BCUT2D eigenvalue weighted by Gasteiger charge is -2.26. The van der Waals surface area contributed by atoms with Crippen LogP contribution in [0.2, 0.25) is 0 Å². The number of rotatable bonds is 4. The van der Waals surface area contributed by atoms with Gasteiger partial charge in [-0.3, -0.25) is 9.88 Å². The summed E-state index contributed by atoms with van der Waals surface area (Å²) >= 11 is 0. The average molecular weight is 263 g/mol. The van der Waals surface area contributed by atoms with Crippen molar-refractivity contribution >= 4 is 0 Å². The van der Waals surface area contributed by atoms with Gasteiger partial charge in [-0.25, -0.2) is 0 Å². The third-order valence-electron chi connectivity index (χ3n) is 3.80. The van der Waals surface area contributed by atoms with Crippen molar-refractivity contribution in [1.82, 2.24) is 15.2 Å². The lowest BCUT2D eigenvalue weighted by Crippen LogP contribution is -2.32. The number of nitrogens with zero attached hydrogens (tertiary/aromatic N) is 2. The maximum Gasteiger partial charge on any atom is 0.122 e. The van der Waals surface area contributed by atoms with Crippen molar-refractivity contribution in [2.45, 2.75) is 38.8 Å². The maximum atomic E-state index is 5.31. The van der Waals surface area contributed by atoms with Gasteiger partial charge in [-0.05, 0) is 46.3 Å². The first-order valence-corrected chi connectivity index (χ1v) is 7.11. The van der Waals surface area contributed by atoms with E-state index in [1.165, 1.54) is 19.3 Å². The Morgan fingerprint density at radius 1 is 1.37 bits per heavy atom. The molecular formula is C15H25N3O. The van der Waals surface area contributed by atoms with Crippen LogP contribution in [0, 0.1) is 6.92 Å². The average Bonchev–Trinajstić information content (AvgIpc) is 2.66. The standard InChI is InChI=1S/C15H25N3O/c1-12-9-15(19-3)10-13(17-12)11-18(2)14-5-4-7-16-8-6-14/h9-10,14,16H,4-8,11H2,1-3H3. The number of pyridine rings is 1. The summed E-state index contributed by atoms with van der Waals surface area (Å²) in [6, 6.07) is 4.67. The summed E-state index contributed by atoms with van der Waals surface area (Å²) in [5, 5.41) is 3.46. The van der Waals surface area contributed by atoms with Gasteiger partial charge < -0.3 is 10.1 Å². The molecule has 1 atom stereocenters. The van der Waals surface area contributed by atoms with E-state index in [0.717, 1.165) is 36.8 Å². The SMILES string of the molecule is COc1cc(C)nc(CN(C)C2CCCNCC2)c1. The summed E-state index contributed by atoms with van der Waals surface area (Å²) < 4.78 is 5.31. The number of nitrogens with one attached hydrogen (secondary N) is 1. The monoisotopic (exact) mass is 263 g/mol. The summed E-state index contributed by atoms with van der Waals surface area (Å²) in [7, 11) is 3.91. The van der Waals surface area contributed by atoms with Gasteiger partial charge in [-0.2, -0.15) is 0 Å². The van der Waals surface area contributed by atoms with Crippen LogP contribution in [-0.4, -0.2) is 43.2 Å². The highest BCUT2D eigenvalue weighted by Crippen LogP contribution is 2.18. The van der Waals surface area contributed by atoms with Crippen LogP contribution >= 0.6 is 0 Å². The highest BCUT2D eigenvalue weighted by Gasteiger charge is 2.17. The van der Waals surface area contributed by atoms with Gasteiger partial charge in [0.05, 0.1) is 12.8 Å². The predicted molar refractivity (Wildman–Crippen MR) is 77.5 cm³/mol. The second-order valence-electron chi connectivity index (χ2n) is 5.39. The molecule has 2 heterocycles. The Labute approximate surface area is 116 Å². The summed E-state index contributed by atoms with van der Waals surface area (Å²) in [5.74, 6) is 0.901. The van der Waals surface area contributed by atoms with Crippen LogP contribution in [0.15, 0.2) is 12.1 Å². The molecule has 106 valence electrons. The topological polar surface area (TPSA) is 37.4 Å². The third kappa shape index (κ3) is 4.18. The minimum absolute atomic E-state index is 0.656. The van der Waals surface area contributed by atoms with Gasteiger partial charge in [0.2, 0.25) is 0 Å². The molecule has 1 aliphatic rings. The molecule has 0 aromatic carbocycles. The van der Waals surface area contributed by atoms with E-state index in [-0.39, 0.29) is 0 Å². The van der Waals surface area contributed by atoms with E-state index >= 15 is 0 Å². The van der Waals surface area contributed by atoms with Gasteiger partial charge >= 0.3 is 0 Å². The van der Waals surface area contributed by atoms with Crippen molar-refractivity contribution in [2.75, 3.05) is 27.2 Å². The molecule has 1 aromatic heterocycles. The van der Waals surface area contributed by atoms with Crippen LogP contribution in [0.1, 0.15) is 30.7 Å². The fourth-order valence-electron chi connectivity index (χ4n) is 2.73. The molecule has 0 amide bonds. The molecule has 0 bridgehead atoms. The van der Waals surface area contributed by atoms with Crippen molar-refractivity contribution in [3.63, 3.8) is 0 Å². The zero-order valence-corrected chi connectivity index (χ0v) is 12.3. The zero-order chi connectivity index (χ0) is 13.7. The molecule has 1 aromatic rings. The van der Waals surface area contributed by atoms with Crippen molar-refractivity contribution in [3.05, 3.63) is 23.5 Å². The Bertz CT molecular complexity index is 400. The van der Waals surface area contributed by atoms with Crippen LogP contribution in [0.4, 0.5) is 0 Å². The Morgan fingerprint density at radius 2 is 2.21 bits per heavy atom. The minimum atomic E-state index is 0.656. The number of aromatic nitrogens is 1. The number of ether oxygens (including phenoxy) is 1. The Kier molecular flexibility index (Phi) is 5.16. The van der Waals surface area contributed by atoms with Gasteiger partial charge in [-0.15, -0.1) is 0 Å². The molecule has 4 nitrogen and oxygen atoms in total. The molecule has 0 spiro atoms. The molecule has 2 rings (SSSR count). The normalized spacial score (nSPS) is 20.3. The molecule has 1 N–H and O–H groups in total. The van der Waals surface area contributed by atoms with E-state index in [1.807, 2.05) is 19.1 Å². The van der Waals surface area contributed by atoms with Crippen molar-refractivity contribution in [3.8, 4) is 5.75 Å². The van der Waals surface area contributed by atoms with E-state index < -0.39 is 0 Å². The van der Waals surface area contributed by atoms with Gasteiger partial charge in [0, 0.05) is 30.4 Å². The number of hydrogen-bond donors (Lipinski definition) is 1. The molecule has 4 heteroatoms. The smallest absolute Gasteiger partial charge is 0.122 e. The molecule has 0 radical (unpaired) electrons. The largest absolute Gasteiger partial charge is 0.497 e. The van der Waals surface area contributed by atoms with E-state index in [2.05, 4.69) is 22.2 Å². The Morgan fingerprint density at radius 3 is 3.00 bits per heavy atom. The summed E-state index contributed by atoms with van der Waals surface area (Å²) in [5.41, 5.74) is 2.11. The quantitative estimate of drug-likeness (QED) is 0.901. The molecule has 1 aliphatic heterocycles. The fourth-order valence-corrected chi connectivity index (χ4v) is 2.73. The number of hydrogen-bond acceptors (Lipinski definition) is 4. The highest BCUT2D eigenvalue weighted by atomic mass is 16.5. The molecular weight excluding hydrogens is 238 g/mol. The first-order valence-electron chi connectivity index (χ1n) is 7.11. The molecule has 0 saturated carbocycles. The molecule has 1 fully saturated rings. The zero-order valence-electron chi connectivity index (χ0n) is 12.3. The van der Waals surface area contributed by atoms with Gasteiger partial charge in [0.25, 0.3) is 0 Å². The summed E-state index contributed by atoms with van der Waals surface area (Å²) in [6.07, 6.45) is 3.76. The van der Waals surface area contributed by atoms with Gasteiger partial charge in [-0.1, -0.05) is 0 Å². The Balaban J connectivity index is 2.00. The van der Waals surface area contributed by atoms with Gasteiger partial charge in [0.1, 0.15) is 5.75 Å². The second-order valence-corrected chi connectivity index (χ2v) is 5.39. The molecule has 1 saturated heterocycles. The molecule has 19 heavy (non-hydrogen) atoms. The van der Waals surface area contributed by atoms with Crippen LogP contribution in [0.25, 0.3) is 0 Å². The lowest BCUT2D eigenvalue weighted by atomic mass is 10.1. The van der Waals surface area contributed by atoms with Crippen molar-refractivity contribution in [2.24, 2.45) is 0 Å². The van der Waals surface area contributed by atoms with Crippen LogP contribution in [0.5, 0.6) is 5.75 Å². The predicted octanol–water partition coefficient (Wildman–Crippen LogP) is 1.97. The Hall–Kier alpha value is -1.13. The first kappa shape index (κ1) is 14.3. The van der Waals surface area contributed by atoms with E-state index in [0.29, 0.717) is 6.04 Å². The third-order valence-corrected chi connectivity index (χ3v) is 3.80. The lowest BCUT2D eigenvalue weighted by molar-refractivity contribution is 0.214. The summed E-state index contributed by atoms with van der Waals surface area (Å²) in [4.78, 5) is 7.03. The van der Waals surface area contributed by atoms with E-state index in [4.69, 9.17) is 4.74 Å². The van der Waals surface area contributed by atoms with Crippen LogP contribution < -0.4 is 10.1 Å². The summed E-state index contributed by atoms with van der Waals surface area (Å²) in [6.45, 7) is 5.19. The highest BCUT2D eigenvalue weighted by molar-refractivity contribution is 5.26. The number of aryl methyl sites for hydroxylation is 1. The van der Waals surface area contributed by atoms with Crippen molar-refractivity contribution in [1.29, 1.82) is 0 Å². The van der Waals surface area contributed by atoms with Crippen LogP contribution in [-0.2, 0) is 6.54 Å². The van der Waals surface area contributed by atoms with Crippen LogP contribution in [0.3, 0.4) is 0 Å². The first-order chi connectivity index (χ1) is 9.19. The fraction of sp³-hybridized carbons (Fsp3) is 0.667. The maximum absolute atomic E-state index is 5.31. The molecule has 0 aliphatic carbocycles. The van der Waals surface area contributed by atoms with E-state index in [1.54, 1.807) is 7.11 Å². The molecule has 1 unspecified atom stereocenters. The van der Waals surface area contributed by atoms with Crippen molar-refractivity contribution < 1.29 is 4.74 Å². The second kappa shape index (κ2) is 6.87. The minimum Gasteiger partial charge on any atom is -0.497 e. The van der Waals surface area contributed by atoms with E-state index in [9.17, 15) is 0 Å². The van der Waals surface area contributed by atoms with Gasteiger partial charge in [0.15, 0.2) is 0 Å². The number of methoxy groups -OCH3 is 1.